The number of hydrogen-bond acceptors (Lipinski definition) is 2. The summed E-state index contributed by atoms with van der Waals surface area (Å²) in [5.41, 5.74) is 0. The molecule has 1 fully saturated rings. The molecule has 60 valence electrons. The Morgan fingerprint density at radius 3 is 2.91 bits per heavy atom. The Balaban J connectivity index is 2.50. The predicted octanol–water partition coefficient (Wildman–Crippen LogP) is 0.499. The van der Waals surface area contributed by atoms with Crippen molar-refractivity contribution in [1.29, 1.82) is 0 Å². The van der Waals surface area contributed by atoms with Crippen LogP contribution in [-0.2, 0) is 9.53 Å². The Morgan fingerprint density at radius 2 is 2.45 bits per heavy atom. The van der Waals surface area contributed by atoms with Gasteiger partial charge in [0.25, 0.3) is 0 Å². The molecule has 0 amide bonds. The Kier molecular flexibility index (Phi) is 2.50. The molecule has 0 spiro atoms. The number of aliphatic carboxylic acids is 1. The average Bonchev–Trinajstić information content (AvgIpc) is 2.31. The summed E-state index contributed by atoms with van der Waals surface area (Å²) in [6, 6.07) is 0. The summed E-state index contributed by atoms with van der Waals surface area (Å²) in [5, 5.41) is 8.23. The maximum atomic E-state index is 10.0. The minimum absolute atomic E-state index is 0.175. The third kappa shape index (κ3) is 2.24. The highest BCUT2D eigenvalue weighted by Gasteiger charge is 2.21. The molecule has 2 unspecified atom stereocenters. The van der Waals surface area contributed by atoms with Gasteiger partial charge >= 0.3 is 5.97 Å². The van der Waals surface area contributed by atoms with E-state index in [1.807, 2.05) is 6.92 Å². The average molecular weight is 154 g/mol. The second kappa shape index (κ2) is 3.40. The molecule has 0 bridgehead atoms. The minimum atomic E-state index is -1.09. The molecule has 2 atom stereocenters. The molecule has 1 N–H and O–H groups in total. The Bertz CT molecular complexity index is 211. The first-order valence-corrected chi connectivity index (χ1v) is 3.56. The summed E-state index contributed by atoms with van der Waals surface area (Å²) in [6.07, 6.45) is 0.796. The maximum Gasteiger partial charge on any atom is 0.381 e. The first-order chi connectivity index (χ1) is 5.20. The molecule has 0 saturated carbocycles. The predicted molar refractivity (Wildman–Crippen MR) is 38.9 cm³/mol. The van der Waals surface area contributed by atoms with Crippen LogP contribution in [0.1, 0.15) is 13.3 Å². The molecule has 1 heterocycles. The maximum absolute atomic E-state index is 10.0. The molecule has 0 aromatic carbocycles. The van der Waals surface area contributed by atoms with Crippen molar-refractivity contribution >= 4 is 5.97 Å². The lowest BCUT2D eigenvalue weighted by molar-refractivity contribution is -0.130. The molecule has 0 aromatic rings. The molecule has 3 heteroatoms. The fourth-order valence-corrected chi connectivity index (χ4v) is 1.01. The molecule has 11 heavy (non-hydrogen) atoms. The van der Waals surface area contributed by atoms with Gasteiger partial charge in [-0.25, -0.2) is 4.79 Å². The number of carbonyl (C=O) groups is 1. The first-order valence-electron chi connectivity index (χ1n) is 3.56. The number of rotatable bonds is 0. The summed E-state index contributed by atoms with van der Waals surface area (Å²) >= 11 is 0. The molecule has 1 saturated heterocycles. The van der Waals surface area contributed by atoms with Gasteiger partial charge in [-0.15, -0.1) is 0 Å². The SMILES string of the molecule is CC1CCOC1C#CC(=O)O. The zero-order chi connectivity index (χ0) is 8.27. The van der Waals surface area contributed by atoms with Crippen LogP contribution in [-0.4, -0.2) is 23.8 Å². The Labute approximate surface area is 65.4 Å². The van der Waals surface area contributed by atoms with Gasteiger partial charge in [0.2, 0.25) is 0 Å². The van der Waals surface area contributed by atoms with E-state index in [0.29, 0.717) is 12.5 Å². The second-order valence-electron chi connectivity index (χ2n) is 2.63. The van der Waals surface area contributed by atoms with Crippen molar-refractivity contribution in [2.24, 2.45) is 5.92 Å². The fraction of sp³-hybridized carbons (Fsp3) is 0.625. The molecule has 3 nitrogen and oxygen atoms in total. The molecule has 0 aliphatic carbocycles. The van der Waals surface area contributed by atoms with Crippen molar-refractivity contribution in [3.05, 3.63) is 0 Å². The van der Waals surface area contributed by atoms with Crippen LogP contribution in [0.3, 0.4) is 0 Å². The van der Waals surface area contributed by atoms with Gasteiger partial charge in [-0.3, -0.25) is 0 Å². The summed E-state index contributed by atoms with van der Waals surface area (Å²) in [7, 11) is 0. The van der Waals surface area contributed by atoms with E-state index in [1.165, 1.54) is 0 Å². The normalized spacial score (nSPS) is 29.2. The van der Waals surface area contributed by atoms with Crippen LogP contribution < -0.4 is 0 Å². The van der Waals surface area contributed by atoms with Gasteiger partial charge in [-0.1, -0.05) is 12.8 Å². The molecular formula is C8H10O3. The summed E-state index contributed by atoms with van der Waals surface area (Å²) in [6.45, 7) is 2.70. The van der Waals surface area contributed by atoms with E-state index in [2.05, 4.69) is 11.8 Å². The Morgan fingerprint density at radius 1 is 1.73 bits per heavy atom. The number of carboxylic acid groups (broad SMARTS) is 1. The summed E-state index contributed by atoms with van der Waals surface area (Å²) < 4.78 is 5.18. The highest BCUT2D eigenvalue weighted by atomic mass is 16.5. The van der Waals surface area contributed by atoms with E-state index < -0.39 is 5.97 Å². The van der Waals surface area contributed by atoms with E-state index in [0.717, 1.165) is 6.42 Å². The topological polar surface area (TPSA) is 46.5 Å². The van der Waals surface area contributed by atoms with E-state index in [1.54, 1.807) is 0 Å². The number of hydrogen-bond donors (Lipinski definition) is 1. The minimum Gasteiger partial charge on any atom is -0.472 e. The fourth-order valence-electron chi connectivity index (χ4n) is 1.01. The highest BCUT2D eigenvalue weighted by molar-refractivity contribution is 5.86. The van der Waals surface area contributed by atoms with E-state index in [4.69, 9.17) is 9.84 Å². The van der Waals surface area contributed by atoms with Crippen molar-refractivity contribution in [3.63, 3.8) is 0 Å². The monoisotopic (exact) mass is 154 g/mol. The van der Waals surface area contributed by atoms with Crippen molar-refractivity contribution < 1.29 is 14.6 Å². The summed E-state index contributed by atoms with van der Waals surface area (Å²) in [5.74, 6) is 3.89. The van der Waals surface area contributed by atoms with Gasteiger partial charge in [0, 0.05) is 12.5 Å². The zero-order valence-electron chi connectivity index (χ0n) is 6.33. The van der Waals surface area contributed by atoms with Crippen LogP contribution in [0.4, 0.5) is 0 Å². The molecule has 0 aromatic heterocycles. The van der Waals surface area contributed by atoms with Crippen molar-refractivity contribution in [3.8, 4) is 11.8 Å². The van der Waals surface area contributed by atoms with Crippen LogP contribution >= 0.6 is 0 Å². The number of ether oxygens (including phenoxy) is 1. The molecule has 1 aliphatic rings. The van der Waals surface area contributed by atoms with Crippen LogP contribution in [0.15, 0.2) is 0 Å². The van der Waals surface area contributed by atoms with Gasteiger partial charge in [-0.2, -0.15) is 0 Å². The smallest absolute Gasteiger partial charge is 0.381 e. The first kappa shape index (κ1) is 8.09. The van der Waals surface area contributed by atoms with Gasteiger partial charge < -0.3 is 9.84 Å². The van der Waals surface area contributed by atoms with Crippen LogP contribution in [0.2, 0.25) is 0 Å². The van der Waals surface area contributed by atoms with Crippen molar-refractivity contribution in [1.82, 2.24) is 0 Å². The third-order valence-corrected chi connectivity index (χ3v) is 1.71. The van der Waals surface area contributed by atoms with Crippen LogP contribution in [0.5, 0.6) is 0 Å². The molecule has 1 aliphatic heterocycles. The van der Waals surface area contributed by atoms with Gasteiger partial charge in [0.15, 0.2) is 0 Å². The van der Waals surface area contributed by atoms with Crippen molar-refractivity contribution in [2.75, 3.05) is 6.61 Å². The Hall–Kier alpha value is -1.01. The quantitative estimate of drug-likeness (QED) is 0.517. The molecular weight excluding hydrogens is 144 g/mol. The summed E-state index contributed by atoms with van der Waals surface area (Å²) in [4.78, 5) is 10.0. The van der Waals surface area contributed by atoms with Gasteiger partial charge in [-0.05, 0) is 12.3 Å². The third-order valence-electron chi connectivity index (χ3n) is 1.71. The number of carboxylic acids is 1. The zero-order valence-corrected chi connectivity index (χ0v) is 6.33. The molecule has 1 rings (SSSR count). The van der Waals surface area contributed by atoms with E-state index >= 15 is 0 Å². The largest absolute Gasteiger partial charge is 0.472 e. The van der Waals surface area contributed by atoms with Gasteiger partial charge in [0.1, 0.15) is 6.10 Å². The standard InChI is InChI=1S/C8H10O3/c1-6-4-5-11-7(6)2-3-8(9)10/h6-7H,4-5H2,1H3,(H,9,10). The lowest BCUT2D eigenvalue weighted by Gasteiger charge is -2.04. The second-order valence-corrected chi connectivity index (χ2v) is 2.63. The highest BCUT2D eigenvalue weighted by Crippen LogP contribution is 2.18. The lowest BCUT2D eigenvalue weighted by atomic mass is 10.1. The van der Waals surface area contributed by atoms with E-state index in [-0.39, 0.29) is 6.10 Å². The molecule has 0 radical (unpaired) electrons. The van der Waals surface area contributed by atoms with Crippen LogP contribution in [0.25, 0.3) is 0 Å². The van der Waals surface area contributed by atoms with Gasteiger partial charge in [0.05, 0.1) is 0 Å². The lowest BCUT2D eigenvalue weighted by Crippen LogP contribution is -2.10. The van der Waals surface area contributed by atoms with Crippen LogP contribution in [0, 0.1) is 17.8 Å². The van der Waals surface area contributed by atoms with Crippen molar-refractivity contribution in [2.45, 2.75) is 19.4 Å². The van der Waals surface area contributed by atoms with E-state index in [9.17, 15) is 4.79 Å².